The summed E-state index contributed by atoms with van der Waals surface area (Å²) >= 11 is 0. The highest BCUT2D eigenvalue weighted by Crippen LogP contribution is 2.00. The lowest BCUT2D eigenvalue weighted by Crippen LogP contribution is -2.18. The van der Waals surface area contributed by atoms with Gasteiger partial charge < -0.3 is 29.5 Å². The number of rotatable bonds is 12. The molecule has 2 unspecified atom stereocenters. The van der Waals surface area contributed by atoms with Gasteiger partial charge in [0.25, 0.3) is 0 Å². The Bertz CT molecular complexity index is 162. The molecule has 0 aliphatic carbocycles. The van der Waals surface area contributed by atoms with Gasteiger partial charge in [-0.25, -0.2) is 4.89 Å². The molecule has 0 rings (SSSR count). The molecule has 8 nitrogen and oxygen atoms in total. The van der Waals surface area contributed by atoms with Crippen molar-refractivity contribution in [2.45, 2.75) is 26.4 Å². The average molecular weight is 300 g/mol. The van der Waals surface area contributed by atoms with Crippen molar-refractivity contribution >= 4 is 0 Å². The molecule has 0 radical (unpaired) electrons. The number of ether oxygens (including phenoxy) is 3. The Morgan fingerprint density at radius 1 is 0.900 bits per heavy atom. The van der Waals surface area contributed by atoms with E-state index in [0.29, 0.717) is 26.4 Å². The van der Waals surface area contributed by atoms with Crippen LogP contribution < -0.4 is 0 Å². The summed E-state index contributed by atoms with van der Waals surface area (Å²) in [5.74, 6) is 0.261. The smallest absolute Gasteiger partial charge is 0.143 e. The highest BCUT2D eigenvalue weighted by atomic mass is 17.1. The van der Waals surface area contributed by atoms with Crippen LogP contribution in [0.2, 0.25) is 0 Å². The molecule has 20 heavy (non-hydrogen) atoms. The highest BCUT2D eigenvalue weighted by Gasteiger charge is 2.00. The topological polar surface area (TPSA) is 118 Å². The lowest BCUT2D eigenvalue weighted by molar-refractivity contribution is -0.250. The normalized spacial score (nSPS) is 13.5. The first-order valence-electron chi connectivity index (χ1n) is 6.48. The Labute approximate surface area is 119 Å². The van der Waals surface area contributed by atoms with Crippen molar-refractivity contribution in [2.24, 2.45) is 5.92 Å². The maximum Gasteiger partial charge on any atom is 0.143 e. The zero-order valence-electron chi connectivity index (χ0n) is 12.2. The second-order valence-corrected chi connectivity index (χ2v) is 4.13. The minimum atomic E-state index is -0.285. The minimum Gasteiger partial charge on any atom is -0.394 e. The summed E-state index contributed by atoms with van der Waals surface area (Å²) in [7, 11) is 0. The van der Waals surface area contributed by atoms with Crippen molar-refractivity contribution in [3.8, 4) is 0 Å². The third-order valence-electron chi connectivity index (χ3n) is 2.14. The van der Waals surface area contributed by atoms with Gasteiger partial charge in [0.1, 0.15) is 13.6 Å². The molecule has 0 saturated heterocycles. The summed E-state index contributed by atoms with van der Waals surface area (Å²) in [6, 6.07) is 0. The highest BCUT2D eigenvalue weighted by molar-refractivity contribution is 4.48. The molecule has 0 aliphatic rings. The number of aliphatic hydroxyl groups is 3. The van der Waals surface area contributed by atoms with Gasteiger partial charge in [0.2, 0.25) is 0 Å². The Morgan fingerprint density at radius 3 is 2.05 bits per heavy atom. The van der Waals surface area contributed by atoms with E-state index in [-0.39, 0.29) is 32.2 Å². The van der Waals surface area contributed by atoms with Gasteiger partial charge in [-0.1, -0.05) is 6.92 Å². The van der Waals surface area contributed by atoms with Gasteiger partial charge in [-0.05, 0) is 19.3 Å². The van der Waals surface area contributed by atoms with E-state index in [9.17, 15) is 0 Å². The van der Waals surface area contributed by atoms with Gasteiger partial charge in [0.15, 0.2) is 0 Å². The first-order valence-corrected chi connectivity index (χ1v) is 6.48. The molecule has 0 aromatic heterocycles. The molecule has 0 amide bonds. The monoisotopic (exact) mass is 300 g/mol. The van der Waals surface area contributed by atoms with Crippen LogP contribution in [0.3, 0.4) is 0 Å². The standard InChI is InChI=1S/2C6H14O4/c1-6(4-9-5-8)10-3-2-7;1-6(4-10-8)2-3-9-5-7/h2*6-8H,2-5H2,1H3. The molecule has 2 atom stereocenters. The van der Waals surface area contributed by atoms with E-state index in [4.69, 9.17) is 25.3 Å². The summed E-state index contributed by atoms with van der Waals surface area (Å²) in [5.41, 5.74) is 0. The molecule has 0 spiro atoms. The Morgan fingerprint density at radius 2 is 1.55 bits per heavy atom. The maximum atomic E-state index is 8.33. The Hall–Kier alpha value is -0.320. The molecule has 0 heterocycles. The first-order chi connectivity index (χ1) is 9.62. The second kappa shape index (κ2) is 18.7. The number of hydrogen-bond acceptors (Lipinski definition) is 8. The molecule has 0 aliphatic heterocycles. The van der Waals surface area contributed by atoms with Gasteiger partial charge in [-0.2, -0.15) is 0 Å². The Kier molecular flexibility index (Phi) is 20.5. The fourth-order valence-electron chi connectivity index (χ4n) is 1.08. The predicted molar refractivity (Wildman–Crippen MR) is 70.9 cm³/mol. The summed E-state index contributed by atoms with van der Waals surface area (Å²) in [6.45, 7) is 4.72. The van der Waals surface area contributed by atoms with Crippen LogP contribution in [0.15, 0.2) is 0 Å². The lowest BCUT2D eigenvalue weighted by atomic mass is 10.1. The molecule has 0 aromatic rings. The summed E-state index contributed by atoms with van der Waals surface area (Å²) in [6.07, 6.45) is 0.709. The van der Waals surface area contributed by atoms with E-state index < -0.39 is 0 Å². The van der Waals surface area contributed by atoms with Crippen LogP contribution in [0.4, 0.5) is 0 Å². The summed E-state index contributed by atoms with van der Waals surface area (Å²) in [5, 5.41) is 32.7. The van der Waals surface area contributed by atoms with E-state index in [1.54, 1.807) is 0 Å². The molecule has 0 aromatic carbocycles. The van der Waals surface area contributed by atoms with Crippen LogP contribution in [0, 0.1) is 5.92 Å². The molecular weight excluding hydrogens is 272 g/mol. The van der Waals surface area contributed by atoms with Crippen molar-refractivity contribution in [3.63, 3.8) is 0 Å². The van der Waals surface area contributed by atoms with Crippen LogP contribution in [-0.2, 0) is 19.1 Å². The maximum absolute atomic E-state index is 8.33. The molecular formula is C12H28O8. The second-order valence-electron chi connectivity index (χ2n) is 4.13. The summed E-state index contributed by atoms with van der Waals surface area (Å²) < 4.78 is 14.3. The molecule has 0 bridgehead atoms. The molecule has 0 fully saturated rings. The van der Waals surface area contributed by atoms with E-state index in [2.05, 4.69) is 14.4 Å². The average Bonchev–Trinajstić information content (AvgIpc) is 2.44. The van der Waals surface area contributed by atoms with Crippen LogP contribution in [0.1, 0.15) is 20.3 Å². The number of hydrogen-bond donors (Lipinski definition) is 4. The van der Waals surface area contributed by atoms with Crippen LogP contribution in [0.5, 0.6) is 0 Å². The van der Waals surface area contributed by atoms with Crippen molar-refractivity contribution in [2.75, 3.05) is 46.6 Å². The lowest BCUT2D eigenvalue weighted by Gasteiger charge is -2.10. The van der Waals surface area contributed by atoms with E-state index in [1.807, 2.05) is 13.8 Å². The fraction of sp³-hybridized carbons (Fsp3) is 1.00. The quantitative estimate of drug-likeness (QED) is 0.170. The number of aliphatic hydroxyl groups excluding tert-OH is 3. The van der Waals surface area contributed by atoms with Crippen LogP contribution >= 0.6 is 0 Å². The molecule has 4 N–H and O–H groups in total. The van der Waals surface area contributed by atoms with Gasteiger partial charge in [0, 0.05) is 6.61 Å². The molecule has 0 saturated carbocycles. The van der Waals surface area contributed by atoms with E-state index in [1.165, 1.54) is 0 Å². The van der Waals surface area contributed by atoms with Crippen LogP contribution in [0.25, 0.3) is 0 Å². The van der Waals surface area contributed by atoms with Crippen molar-refractivity contribution in [1.29, 1.82) is 0 Å². The SMILES string of the molecule is CC(CCOCO)COO.CC(COCO)OCCO. The minimum absolute atomic E-state index is 0.0173. The van der Waals surface area contributed by atoms with Crippen molar-refractivity contribution in [3.05, 3.63) is 0 Å². The van der Waals surface area contributed by atoms with E-state index >= 15 is 0 Å². The van der Waals surface area contributed by atoms with Gasteiger partial charge in [-0.15, -0.1) is 0 Å². The van der Waals surface area contributed by atoms with Crippen molar-refractivity contribution in [1.82, 2.24) is 0 Å². The zero-order valence-corrected chi connectivity index (χ0v) is 12.2. The van der Waals surface area contributed by atoms with Gasteiger partial charge in [0.05, 0.1) is 32.5 Å². The van der Waals surface area contributed by atoms with E-state index in [0.717, 1.165) is 6.42 Å². The van der Waals surface area contributed by atoms with Crippen molar-refractivity contribution < 1.29 is 39.7 Å². The third-order valence-corrected chi connectivity index (χ3v) is 2.14. The fourth-order valence-corrected chi connectivity index (χ4v) is 1.08. The predicted octanol–water partition coefficient (Wildman–Crippen LogP) is -0.181. The Balaban J connectivity index is 0. The zero-order chi connectivity index (χ0) is 15.6. The molecule has 8 heteroatoms. The van der Waals surface area contributed by atoms with Crippen LogP contribution in [-0.4, -0.2) is 73.3 Å². The largest absolute Gasteiger partial charge is 0.394 e. The molecule has 124 valence electrons. The summed E-state index contributed by atoms with van der Waals surface area (Å²) in [4.78, 5) is 3.92. The third kappa shape index (κ3) is 20.0. The van der Waals surface area contributed by atoms with Gasteiger partial charge in [-0.3, -0.25) is 5.26 Å². The first kappa shape index (κ1) is 22.0. The van der Waals surface area contributed by atoms with Gasteiger partial charge >= 0.3 is 0 Å².